The number of amides is 1. The summed E-state index contributed by atoms with van der Waals surface area (Å²) >= 11 is 0. The van der Waals surface area contributed by atoms with Crippen LogP contribution in [0.3, 0.4) is 0 Å². The summed E-state index contributed by atoms with van der Waals surface area (Å²) < 4.78 is 133. The normalized spacial score (nSPS) is 19.7. The van der Waals surface area contributed by atoms with Gasteiger partial charge in [0.05, 0.1) is 29.0 Å². The monoisotopic (exact) mass is 1000 g/mol. The molecule has 18 nitrogen and oxygen atoms in total. The van der Waals surface area contributed by atoms with E-state index in [1.54, 1.807) is 6.07 Å². The van der Waals surface area contributed by atoms with Crippen LogP contribution < -0.4 is 15.5 Å². The number of rotatable bonds is 26. The zero-order chi connectivity index (χ0) is 49.5. The second-order valence-electron chi connectivity index (χ2n) is 18.1. The van der Waals surface area contributed by atoms with Gasteiger partial charge in [-0.05, 0) is 93.8 Å². The van der Waals surface area contributed by atoms with Crippen molar-refractivity contribution in [3.05, 3.63) is 77.0 Å². The Kier molecular flexibility index (Phi) is 18.4. The minimum Gasteiger partial charge on any atom is -0.364 e. The Morgan fingerprint density at radius 3 is 2.05 bits per heavy atom. The van der Waals surface area contributed by atoms with E-state index in [2.05, 4.69) is 24.8 Å². The van der Waals surface area contributed by atoms with Crippen LogP contribution >= 0.6 is 0 Å². The Hall–Kier alpha value is -3.74. The first kappa shape index (κ1) is 54.9. The Balaban J connectivity index is 1.68. The molecule has 1 amide bonds. The van der Waals surface area contributed by atoms with Gasteiger partial charge in [-0.15, -0.1) is 0 Å². The number of allylic oxidation sites excluding steroid dienone is 3. The summed E-state index contributed by atoms with van der Waals surface area (Å²) in [6.07, 6.45) is 9.48. The van der Waals surface area contributed by atoms with Crippen LogP contribution in [-0.2, 0) is 60.9 Å². The first-order valence-electron chi connectivity index (χ1n) is 22.0. The van der Waals surface area contributed by atoms with Crippen molar-refractivity contribution >= 4 is 63.5 Å². The number of hydrogen-bond donors (Lipinski definition) is 5. The van der Waals surface area contributed by atoms with Crippen molar-refractivity contribution in [3.8, 4) is 0 Å². The van der Waals surface area contributed by atoms with Crippen molar-refractivity contribution in [3.63, 3.8) is 0 Å². The van der Waals surface area contributed by atoms with Crippen LogP contribution in [0.4, 0.5) is 11.4 Å². The number of hydrogen-bond acceptors (Lipinski definition) is 13. The average molecular weight is 1000 g/mol. The molecule has 0 aromatic heterocycles. The van der Waals surface area contributed by atoms with E-state index in [1.165, 1.54) is 24.0 Å². The second-order valence-corrected chi connectivity index (χ2v) is 24.5. The Bertz CT molecular complexity index is 2600. The number of carbonyl (C=O) groups excluding carboxylic acids is 2. The molecule has 0 aliphatic carbocycles. The molecule has 2 aliphatic heterocycles. The van der Waals surface area contributed by atoms with Crippen LogP contribution in [0.15, 0.2) is 65.2 Å². The maximum atomic E-state index is 13.4. The van der Waals surface area contributed by atoms with Gasteiger partial charge in [-0.25, -0.2) is 0 Å². The third-order valence-corrected chi connectivity index (χ3v) is 16.3. The zero-order valence-electron chi connectivity index (χ0n) is 38.3. The van der Waals surface area contributed by atoms with Crippen molar-refractivity contribution in [2.75, 3.05) is 54.0 Å². The largest absolute Gasteiger partial charge is 0.364 e. The summed E-state index contributed by atoms with van der Waals surface area (Å²) in [5, 5.41) is -1.33. The maximum Gasteiger partial charge on any atom is 0.294 e. The summed E-state index contributed by atoms with van der Waals surface area (Å²) in [7, 11) is -17.7. The number of nitrogens with zero attached hydrogens (tertiary/aromatic N) is 3. The summed E-state index contributed by atoms with van der Waals surface area (Å²) in [6, 6.07) is 10.0. The number of carbonyl (C=O) groups is 2. The number of ketones is 1. The molecule has 2 aliphatic rings. The van der Waals surface area contributed by atoms with E-state index in [0.717, 1.165) is 22.5 Å². The summed E-state index contributed by atoms with van der Waals surface area (Å²) in [4.78, 5) is 30.4. The molecule has 22 heteroatoms. The fourth-order valence-corrected chi connectivity index (χ4v) is 10.9. The molecule has 2 heterocycles. The van der Waals surface area contributed by atoms with Gasteiger partial charge in [-0.2, -0.15) is 33.7 Å². The van der Waals surface area contributed by atoms with E-state index < -0.39 is 80.0 Å². The van der Waals surface area contributed by atoms with Crippen molar-refractivity contribution < 1.29 is 61.5 Å². The lowest BCUT2D eigenvalue weighted by Crippen LogP contribution is -2.42. The lowest BCUT2D eigenvalue weighted by Gasteiger charge is -2.35. The molecule has 3 atom stereocenters. The number of Topliss-reactive ketones (excluding diaryl/α,β-unsaturated/α-hetero) is 1. The Morgan fingerprint density at radius 1 is 0.788 bits per heavy atom. The molecule has 0 saturated heterocycles. The highest BCUT2D eigenvalue weighted by molar-refractivity contribution is 7.86. The zero-order valence-corrected chi connectivity index (χ0v) is 41.6. The SMILES string of the molecule is Cc1ccc2c(c1)C(C)(C)/C(=C\C=C\C1N(CCCS(=O)(=O)O)c3ccc(S(=O)(=O)O)cc3C1(C)CCCCCC(=O)CN)N2CCCCC(=O)N(CCCS(=O)(=O)O)CC(C)S(=O)(=O)O. The molecule has 3 unspecified atom stereocenters. The first-order chi connectivity index (χ1) is 30.5. The predicted molar refractivity (Wildman–Crippen MR) is 254 cm³/mol. The van der Waals surface area contributed by atoms with Gasteiger partial charge in [-0.1, -0.05) is 63.5 Å². The van der Waals surface area contributed by atoms with Gasteiger partial charge in [0, 0.05) is 66.9 Å². The van der Waals surface area contributed by atoms with Crippen molar-refractivity contribution in [1.29, 1.82) is 0 Å². The number of unbranched alkanes of at least 4 members (excludes halogenated alkanes) is 3. The van der Waals surface area contributed by atoms with Crippen LogP contribution in [0.1, 0.15) is 109 Å². The Morgan fingerprint density at radius 2 is 1.42 bits per heavy atom. The standard InChI is InChI=1S/C44H66N4O14S4/c1-32-18-20-38-36(28-32)43(3,4)40(47(38)24-10-8-17-42(50)46(23-12-26-63(51,52)53)31-33(2)65(57,58)59)15-11-16-41-44(5,22-9-6-7-14-34(49)30-45)37-29-35(66(60,61)62)19-21-39(37)48(41)25-13-27-64(54,55)56/h11,15-16,18-21,28-29,33,41H,6-10,12-14,17,22-27,30-31,45H2,1-5H3,(H,51,52,53)(H,54,55,56)(H,57,58,59)(H,60,61,62)/b16-11+,40-15+. The van der Waals surface area contributed by atoms with Crippen molar-refractivity contribution in [2.45, 2.75) is 126 Å². The smallest absolute Gasteiger partial charge is 0.294 e. The van der Waals surface area contributed by atoms with E-state index in [-0.39, 0.29) is 56.1 Å². The first-order valence-corrected chi connectivity index (χ1v) is 28.2. The maximum absolute atomic E-state index is 13.4. The molecule has 6 N–H and O–H groups in total. The number of nitrogens with two attached hydrogens (primary N) is 1. The van der Waals surface area contributed by atoms with Crippen LogP contribution in [0.2, 0.25) is 0 Å². The van der Waals surface area contributed by atoms with Gasteiger partial charge in [0.15, 0.2) is 0 Å². The minimum atomic E-state index is -4.60. The average Bonchev–Trinajstić information content (AvgIpc) is 3.55. The summed E-state index contributed by atoms with van der Waals surface area (Å²) in [6.45, 7) is 9.50. The van der Waals surface area contributed by atoms with Crippen LogP contribution in [-0.4, -0.2) is 124 Å². The molecule has 0 fully saturated rings. The predicted octanol–water partition coefficient (Wildman–Crippen LogP) is 5.24. The third-order valence-electron chi connectivity index (χ3n) is 12.6. The van der Waals surface area contributed by atoms with Crippen molar-refractivity contribution in [1.82, 2.24) is 4.90 Å². The lowest BCUT2D eigenvalue weighted by molar-refractivity contribution is -0.131. The number of benzene rings is 2. The van der Waals surface area contributed by atoms with Gasteiger partial charge in [0.2, 0.25) is 5.91 Å². The lowest BCUT2D eigenvalue weighted by atomic mass is 9.74. The third kappa shape index (κ3) is 14.6. The van der Waals surface area contributed by atoms with E-state index in [9.17, 15) is 61.5 Å². The van der Waals surface area contributed by atoms with Gasteiger partial charge in [-0.3, -0.25) is 27.8 Å². The molecule has 66 heavy (non-hydrogen) atoms. The molecule has 0 spiro atoms. The molecule has 2 aromatic rings. The molecule has 0 radical (unpaired) electrons. The molecule has 0 saturated carbocycles. The fourth-order valence-electron chi connectivity index (χ4n) is 9.05. The number of fused-ring (bicyclic) bond motifs is 2. The van der Waals surface area contributed by atoms with Crippen molar-refractivity contribution in [2.24, 2.45) is 5.73 Å². The van der Waals surface area contributed by atoms with Gasteiger partial charge in [0.25, 0.3) is 40.5 Å². The van der Waals surface area contributed by atoms with E-state index in [4.69, 9.17) is 5.73 Å². The number of anilines is 2. The number of aryl methyl sites for hydroxylation is 1. The van der Waals surface area contributed by atoms with E-state index in [1.807, 2.05) is 49.1 Å². The van der Waals surface area contributed by atoms with E-state index >= 15 is 0 Å². The van der Waals surface area contributed by atoms with Gasteiger partial charge >= 0.3 is 0 Å². The molecule has 2 aromatic carbocycles. The quantitative estimate of drug-likeness (QED) is 0.0595. The highest BCUT2D eigenvalue weighted by Gasteiger charge is 2.47. The van der Waals surface area contributed by atoms with E-state index in [0.29, 0.717) is 62.7 Å². The van der Waals surface area contributed by atoms with Crippen LogP contribution in [0.5, 0.6) is 0 Å². The van der Waals surface area contributed by atoms with Gasteiger partial charge in [0.1, 0.15) is 11.0 Å². The molecular weight excluding hydrogens is 937 g/mol. The van der Waals surface area contributed by atoms with Crippen LogP contribution in [0, 0.1) is 6.92 Å². The topological polar surface area (TPSA) is 287 Å². The summed E-state index contributed by atoms with van der Waals surface area (Å²) in [5.74, 6) is -1.62. The molecule has 370 valence electrons. The molecule has 4 rings (SSSR count). The fraction of sp³-hybridized carbons (Fsp3) is 0.591. The van der Waals surface area contributed by atoms with Gasteiger partial charge < -0.3 is 20.4 Å². The highest BCUT2D eigenvalue weighted by Crippen LogP contribution is 2.51. The molecular formula is C44H66N4O14S4. The highest BCUT2D eigenvalue weighted by atomic mass is 32.2. The van der Waals surface area contributed by atoms with Crippen LogP contribution in [0.25, 0.3) is 0 Å². The minimum absolute atomic E-state index is 0.00211. The molecule has 0 bridgehead atoms. The summed E-state index contributed by atoms with van der Waals surface area (Å²) in [5.41, 5.74) is 9.49. The Labute approximate surface area is 390 Å². The second kappa shape index (κ2) is 22.1.